The minimum Gasteiger partial charge on any atom is -0.497 e. The number of piperazine rings is 1. The summed E-state index contributed by atoms with van der Waals surface area (Å²) in [5.41, 5.74) is 1.10. The number of rotatable bonds is 7. The molecule has 0 bridgehead atoms. The second-order valence-electron chi connectivity index (χ2n) is 9.42. The van der Waals surface area contributed by atoms with E-state index < -0.39 is 10.8 Å². The highest BCUT2D eigenvalue weighted by atomic mass is 32.2. The van der Waals surface area contributed by atoms with Crippen LogP contribution in [0.1, 0.15) is 49.5 Å². The first-order valence-electron chi connectivity index (χ1n) is 12.5. The van der Waals surface area contributed by atoms with Crippen molar-refractivity contribution >= 4 is 10.8 Å². The highest BCUT2D eigenvalue weighted by molar-refractivity contribution is 7.85. The van der Waals surface area contributed by atoms with E-state index in [2.05, 4.69) is 37.3 Å². The summed E-state index contributed by atoms with van der Waals surface area (Å²) in [5, 5.41) is 13.0. The molecule has 1 saturated heterocycles. The van der Waals surface area contributed by atoms with E-state index in [-0.39, 0.29) is 6.04 Å². The zero-order valence-corrected chi connectivity index (χ0v) is 21.4. The second-order valence-corrected chi connectivity index (χ2v) is 10.9. The van der Waals surface area contributed by atoms with Crippen LogP contribution in [0.5, 0.6) is 5.75 Å². The first-order chi connectivity index (χ1) is 17.1. The van der Waals surface area contributed by atoms with Crippen LogP contribution in [0.25, 0.3) is 0 Å². The number of nitrogens with zero attached hydrogens (tertiary/aromatic N) is 6. The summed E-state index contributed by atoms with van der Waals surface area (Å²) in [6, 6.07) is 16.1. The molecule has 0 spiro atoms. The van der Waals surface area contributed by atoms with Crippen LogP contribution >= 0.6 is 0 Å². The third-order valence-corrected chi connectivity index (χ3v) is 8.66. The molecule has 5 rings (SSSR count). The number of ether oxygens (including phenoxy) is 1. The van der Waals surface area contributed by atoms with E-state index in [0.29, 0.717) is 5.82 Å². The van der Waals surface area contributed by atoms with Crippen molar-refractivity contribution < 1.29 is 8.95 Å². The van der Waals surface area contributed by atoms with Gasteiger partial charge in [-0.05, 0) is 60.0 Å². The van der Waals surface area contributed by atoms with Gasteiger partial charge in [0, 0.05) is 42.0 Å². The van der Waals surface area contributed by atoms with Gasteiger partial charge >= 0.3 is 0 Å². The number of tetrazole rings is 1. The van der Waals surface area contributed by atoms with Gasteiger partial charge in [0.25, 0.3) is 0 Å². The summed E-state index contributed by atoms with van der Waals surface area (Å²) in [5.74, 6) is 1.46. The van der Waals surface area contributed by atoms with E-state index in [1.165, 1.54) is 36.9 Å². The predicted octanol–water partition coefficient (Wildman–Crippen LogP) is 3.43. The van der Waals surface area contributed by atoms with Crippen molar-refractivity contribution in [2.24, 2.45) is 7.05 Å². The van der Waals surface area contributed by atoms with Gasteiger partial charge in [0.1, 0.15) is 5.75 Å². The molecule has 35 heavy (non-hydrogen) atoms. The number of hydrogen-bond donors (Lipinski definition) is 0. The van der Waals surface area contributed by atoms with Crippen LogP contribution in [0, 0.1) is 0 Å². The van der Waals surface area contributed by atoms with Gasteiger partial charge in [0.05, 0.1) is 31.0 Å². The van der Waals surface area contributed by atoms with Crippen molar-refractivity contribution in [2.75, 3.05) is 33.3 Å². The van der Waals surface area contributed by atoms with Crippen molar-refractivity contribution in [1.29, 1.82) is 0 Å². The third kappa shape index (κ3) is 5.47. The van der Waals surface area contributed by atoms with Crippen LogP contribution in [0.3, 0.4) is 0 Å². The monoisotopic (exact) mass is 494 g/mol. The molecule has 1 saturated carbocycles. The smallest absolute Gasteiger partial charge is 0.196 e. The molecule has 1 aliphatic carbocycles. The largest absolute Gasteiger partial charge is 0.497 e. The van der Waals surface area contributed by atoms with E-state index >= 15 is 0 Å². The number of benzene rings is 2. The lowest BCUT2D eigenvalue weighted by Gasteiger charge is -2.42. The summed E-state index contributed by atoms with van der Waals surface area (Å²) < 4.78 is 18.3. The standard InChI is InChI=1S/C26H34N6O2S/c1-30-28-26(27-29-30)25(32-18-16-31(17-19-32)21-6-4-3-5-7-21)20-8-12-23(13-9-20)35(33)24-14-10-22(34-2)11-15-24/h8-15,21,25H,3-7,16-19H2,1-2H3. The summed E-state index contributed by atoms with van der Waals surface area (Å²) in [4.78, 5) is 8.19. The Labute approximate surface area is 209 Å². The van der Waals surface area contributed by atoms with Crippen molar-refractivity contribution in [1.82, 2.24) is 30.0 Å². The Morgan fingerprint density at radius 3 is 2.11 bits per heavy atom. The Morgan fingerprint density at radius 2 is 1.54 bits per heavy atom. The molecule has 2 atom stereocenters. The van der Waals surface area contributed by atoms with E-state index in [1.54, 1.807) is 14.2 Å². The summed E-state index contributed by atoms with van der Waals surface area (Å²) in [6.07, 6.45) is 6.78. The fraction of sp³-hybridized carbons (Fsp3) is 0.500. The molecule has 1 aromatic heterocycles. The van der Waals surface area contributed by atoms with Gasteiger partial charge in [-0.3, -0.25) is 9.80 Å². The minimum absolute atomic E-state index is 0.0688. The fourth-order valence-electron chi connectivity index (χ4n) is 5.35. The zero-order chi connectivity index (χ0) is 24.2. The van der Waals surface area contributed by atoms with Crippen LogP contribution in [-0.2, 0) is 17.8 Å². The summed E-state index contributed by atoms with van der Waals surface area (Å²) in [7, 11) is 2.17. The first kappa shape index (κ1) is 24.1. The Balaban J connectivity index is 1.33. The van der Waals surface area contributed by atoms with E-state index in [4.69, 9.17) is 4.74 Å². The summed E-state index contributed by atoms with van der Waals surface area (Å²) in [6.45, 7) is 4.08. The first-order valence-corrected chi connectivity index (χ1v) is 13.6. The second kappa shape index (κ2) is 11.0. The molecule has 0 N–H and O–H groups in total. The number of aryl methyl sites for hydroxylation is 1. The van der Waals surface area contributed by atoms with Crippen LogP contribution in [-0.4, -0.2) is 73.5 Å². The maximum Gasteiger partial charge on any atom is 0.196 e. The predicted molar refractivity (Wildman–Crippen MR) is 135 cm³/mol. The molecule has 0 radical (unpaired) electrons. The number of aromatic nitrogens is 4. The molecule has 0 amide bonds. The Bertz CT molecular complexity index is 1120. The van der Waals surface area contributed by atoms with E-state index in [0.717, 1.165) is 53.3 Å². The highest BCUT2D eigenvalue weighted by Crippen LogP contribution is 2.30. The Kier molecular flexibility index (Phi) is 7.55. The highest BCUT2D eigenvalue weighted by Gasteiger charge is 2.32. The number of hydrogen-bond acceptors (Lipinski definition) is 7. The van der Waals surface area contributed by atoms with Gasteiger partial charge < -0.3 is 4.74 Å². The minimum atomic E-state index is -1.25. The average Bonchev–Trinajstić information content (AvgIpc) is 3.35. The molecule has 3 aromatic rings. The quantitative estimate of drug-likeness (QED) is 0.498. The Hall–Kier alpha value is -2.62. The molecular formula is C26H34N6O2S. The van der Waals surface area contributed by atoms with Gasteiger partial charge in [-0.25, -0.2) is 4.21 Å². The molecule has 2 aliphatic rings. The van der Waals surface area contributed by atoms with Crippen molar-refractivity contribution in [3.63, 3.8) is 0 Å². The molecule has 2 aromatic carbocycles. The zero-order valence-electron chi connectivity index (χ0n) is 20.5. The molecule has 9 heteroatoms. The molecule has 2 heterocycles. The Morgan fingerprint density at radius 1 is 0.914 bits per heavy atom. The molecule has 2 unspecified atom stereocenters. The molecule has 8 nitrogen and oxygen atoms in total. The molecule has 186 valence electrons. The SMILES string of the molecule is COc1ccc(S(=O)c2ccc(C(c3nnn(C)n3)N3CCN(C4CCCCC4)CC3)cc2)cc1. The van der Waals surface area contributed by atoms with E-state index in [9.17, 15) is 4.21 Å². The lowest BCUT2D eigenvalue weighted by Crippen LogP contribution is -2.51. The fourth-order valence-corrected chi connectivity index (χ4v) is 6.39. The maximum absolute atomic E-state index is 13.1. The van der Waals surface area contributed by atoms with Gasteiger partial charge in [-0.1, -0.05) is 31.4 Å². The summed E-state index contributed by atoms with van der Waals surface area (Å²) >= 11 is 0. The van der Waals surface area contributed by atoms with Crippen molar-refractivity contribution in [3.8, 4) is 5.75 Å². The lowest BCUT2D eigenvalue weighted by molar-refractivity contribution is 0.0629. The number of methoxy groups -OCH3 is 1. The van der Waals surface area contributed by atoms with Crippen LogP contribution in [0.15, 0.2) is 58.3 Å². The third-order valence-electron chi connectivity index (χ3n) is 7.26. The van der Waals surface area contributed by atoms with E-state index in [1.807, 2.05) is 36.4 Å². The molecule has 1 aliphatic heterocycles. The molecular weight excluding hydrogens is 460 g/mol. The van der Waals surface area contributed by atoms with Gasteiger partial charge in [0.15, 0.2) is 5.82 Å². The topological polar surface area (TPSA) is 76.4 Å². The lowest BCUT2D eigenvalue weighted by atomic mass is 9.93. The van der Waals surface area contributed by atoms with Gasteiger partial charge in [0.2, 0.25) is 0 Å². The van der Waals surface area contributed by atoms with Crippen molar-refractivity contribution in [3.05, 3.63) is 59.9 Å². The normalized spacial score (nSPS) is 19.9. The van der Waals surface area contributed by atoms with Gasteiger partial charge in [-0.15, -0.1) is 10.2 Å². The van der Waals surface area contributed by atoms with Crippen LogP contribution in [0.2, 0.25) is 0 Å². The van der Waals surface area contributed by atoms with Gasteiger partial charge in [-0.2, -0.15) is 4.80 Å². The average molecular weight is 495 g/mol. The van der Waals surface area contributed by atoms with Crippen LogP contribution in [0.4, 0.5) is 0 Å². The van der Waals surface area contributed by atoms with Crippen molar-refractivity contribution in [2.45, 2.75) is 54.0 Å². The van der Waals surface area contributed by atoms with Crippen LogP contribution < -0.4 is 4.74 Å². The maximum atomic E-state index is 13.1. The molecule has 2 fully saturated rings.